The quantitative estimate of drug-likeness (QED) is 0.431. The standard InChI is InChI=1S/C19H19N7O/c1-2-4-16-15(3-1)14(12-20-16)13-21-24-17-11-19(25-7-9-27-10-8-25)26-18(23-17)5-6-22-26/h1-6,11-13,20H,7-10H2,(H,23,24). The molecule has 1 aliphatic rings. The van der Waals surface area contributed by atoms with Gasteiger partial charge >= 0.3 is 0 Å². The fourth-order valence-electron chi connectivity index (χ4n) is 3.34. The van der Waals surface area contributed by atoms with E-state index >= 15 is 0 Å². The fraction of sp³-hybridized carbons (Fsp3) is 0.211. The maximum absolute atomic E-state index is 5.46. The van der Waals surface area contributed by atoms with Crippen LogP contribution in [-0.4, -0.2) is 52.1 Å². The number of aromatic amines is 1. The number of ether oxygens (including phenoxy) is 1. The highest BCUT2D eigenvalue weighted by atomic mass is 16.5. The van der Waals surface area contributed by atoms with Gasteiger partial charge in [-0.05, 0) is 6.07 Å². The molecule has 27 heavy (non-hydrogen) atoms. The predicted molar refractivity (Wildman–Crippen MR) is 106 cm³/mol. The van der Waals surface area contributed by atoms with Crippen molar-refractivity contribution < 1.29 is 4.74 Å². The molecule has 0 radical (unpaired) electrons. The zero-order chi connectivity index (χ0) is 18.1. The van der Waals surface area contributed by atoms with Crippen LogP contribution in [0.5, 0.6) is 0 Å². The van der Waals surface area contributed by atoms with Gasteiger partial charge in [-0.1, -0.05) is 18.2 Å². The predicted octanol–water partition coefficient (Wildman–Crippen LogP) is 2.49. The van der Waals surface area contributed by atoms with Crippen molar-refractivity contribution in [1.82, 2.24) is 19.6 Å². The van der Waals surface area contributed by atoms with Gasteiger partial charge in [-0.3, -0.25) is 5.43 Å². The van der Waals surface area contributed by atoms with E-state index in [1.165, 1.54) is 0 Å². The number of anilines is 2. The highest BCUT2D eigenvalue weighted by Gasteiger charge is 2.16. The molecule has 0 aliphatic carbocycles. The van der Waals surface area contributed by atoms with E-state index in [1.807, 2.05) is 41.0 Å². The normalized spacial score (nSPS) is 15.2. The van der Waals surface area contributed by atoms with E-state index in [4.69, 9.17) is 4.74 Å². The molecular formula is C19H19N7O. The minimum Gasteiger partial charge on any atom is -0.378 e. The average molecular weight is 361 g/mol. The largest absolute Gasteiger partial charge is 0.378 e. The van der Waals surface area contributed by atoms with Gasteiger partial charge in [0.1, 0.15) is 5.82 Å². The molecule has 0 amide bonds. The molecule has 4 heterocycles. The summed E-state index contributed by atoms with van der Waals surface area (Å²) in [6.45, 7) is 3.09. The van der Waals surface area contributed by atoms with E-state index < -0.39 is 0 Å². The topological polar surface area (TPSA) is 82.8 Å². The molecule has 1 saturated heterocycles. The number of benzene rings is 1. The lowest BCUT2D eigenvalue weighted by Crippen LogP contribution is -2.37. The van der Waals surface area contributed by atoms with Gasteiger partial charge in [-0.15, -0.1) is 0 Å². The first-order chi connectivity index (χ1) is 13.4. The molecule has 0 spiro atoms. The van der Waals surface area contributed by atoms with Crippen molar-refractivity contribution in [2.24, 2.45) is 5.10 Å². The van der Waals surface area contributed by atoms with E-state index in [1.54, 1.807) is 12.4 Å². The number of morpholine rings is 1. The molecule has 1 aromatic carbocycles. The summed E-state index contributed by atoms with van der Waals surface area (Å²) in [7, 11) is 0. The summed E-state index contributed by atoms with van der Waals surface area (Å²) in [5, 5.41) is 9.91. The maximum atomic E-state index is 5.46. The van der Waals surface area contributed by atoms with Crippen LogP contribution in [0, 0.1) is 0 Å². The molecule has 8 nitrogen and oxygen atoms in total. The third kappa shape index (κ3) is 3.00. The van der Waals surface area contributed by atoms with Crippen molar-refractivity contribution in [2.75, 3.05) is 36.6 Å². The van der Waals surface area contributed by atoms with E-state index in [-0.39, 0.29) is 0 Å². The summed E-state index contributed by atoms with van der Waals surface area (Å²) in [4.78, 5) is 10.1. The Balaban J connectivity index is 1.43. The Labute approximate surface area is 155 Å². The molecule has 1 aliphatic heterocycles. The third-order valence-corrected chi connectivity index (χ3v) is 4.68. The van der Waals surface area contributed by atoms with Crippen LogP contribution in [0.15, 0.2) is 53.9 Å². The number of nitrogens with zero attached hydrogens (tertiary/aromatic N) is 5. The van der Waals surface area contributed by atoms with Gasteiger partial charge in [0.2, 0.25) is 0 Å². The number of fused-ring (bicyclic) bond motifs is 2. The number of hydrogen-bond donors (Lipinski definition) is 2. The molecule has 2 N–H and O–H groups in total. The van der Waals surface area contributed by atoms with Crippen LogP contribution in [-0.2, 0) is 4.74 Å². The average Bonchev–Trinajstić information content (AvgIpc) is 3.35. The summed E-state index contributed by atoms with van der Waals surface area (Å²) >= 11 is 0. The van der Waals surface area contributed by atoms with Gasteiger partial charge in [0, 0.05) is 47.9 Å². The summed E-state index contributed by atoms with van der Waals surface area (Å²) in [6.07, 6.45) is 5.50. The monoisotopic (exact) mass is 361 g/mol. The lowest BCUT2D eigenvalue weighted by atomic mass is 10.2. The van der Waals surface area contributed by atoms with Crippen molar-refractivity contribution in [1.29, 1.82) is 0 Å². The van der Waals surface area contributed by atoms with Gasteiger partial charge in [0.05, 0.1) is 25.6 Å². The summed E-state index contributed by atoms with van der Waals surface area (Å²) in [6, 6.07) is 12.0. The first-order valence-corrected chi connectivity index (χ1v) is 8.91. The van der Waals surface area contributed by atoms with E-state index in [9.17, 15) is 0 Å². The Kier molecular flexibility index (Phi) is 3.95. The zero-order valence-electron chi connectivity index (χ0n) is 14.7. The molecule has 3 aromatic heterocycles. The van der Waals surface area contributed by atoms with Gasteiger partial charge < -0.3 is 14.6 Å². The maximum Gasteiger partial charge on any atom is 0.159 e. The highest BCUT2D eigenvalue weighted by Crippen LogP contribution is 2.21. The molecule has 0 atom stereocenters. The van der Waals surface area contributed by atoms with Crippen LogP contribution >= 0.6 is 0 Å². The Morgan fingerprint density at radius 1 is 1.19 bits per heavy atom. The van der Waals surface area contributed by atoms with Gasteiger partial charge in [-0.2, -0.15) is 14.7 Å². The first-order valence-electron chi connectivity index (χ1n) is 8.91. The summed E-state index contributed by atoms with van der Waals surface area (Å²) < 4.78 is 7.30. The van der Waals surface area contributed by atoms with Crippen molar-refractivity contribution in [3.63, 3.8) is 0 Å². The fourth-order valence-corrected chi connectivity index (χ4v) is 3.34. The second-order valence-corrected chi connectivity index (χ2v) is 6.36. The van der Waals surface area contributed by atoms with Gasteiger partial charge in [0.25, 0.3) is 0 Å². The highest BCUT2D eigenvalue weighted by molar-refractivity contribution is 5.99. The molecule has 4 aromatic rings. The van der Waals surface area contributed by atoms with Crippen LogP contribution in [0.25, 0.3) is 16.6 Å². The van der Waals surface area contributed by atoms with E-state index in [2.05, 4.69) is 36.6 Å². The number of hydrogen-bond acceptors (Lipinski definition) is 6. The van der Waals surface area contributed by atoms with Crippen LogP contribution in [0.4, 0.5) is 11.6 Å². The Morgan fingerprint density at radius 3 is 3.00 bits per heavy atom. The Bertz CT molecular complexity index is 1110. The number of para-hydroxylation sites is 1. The molecule has 5 rings (SSSR count). The summed E-state index contributed by atoms with van der Waals surface area (Å²) in [5.41, 5.74) is 5.95. The van der Waals surface area contributed by atoms with Crippen LogP contribution in [0.1, 0.15) is 5.56 Å². The molecule has 0 saturated carbocycles. The lowest BCUT2D eigenvalue weighted by molar-refractivity contribution is 0.122. The molecule has 136 valence electrons. The minimum atomic E-state index is 0.681. The summed E-state index contributed by atoms with van der Waals surface area (Å²) in [5.74, 6) is 1.67. The Morgan fingerprint density at radius 2 is 2.07 bits per heavy atom. The number of hydrazone groups is 1. The number of H-pyrrole nitrogens is 1. The van der Waals surface area contributed by atoms with Crippen LogP contribution in [0.2, 0.25) is 0 Å². The third-order valence-electron chi connectivity index (χ3n) is 4.68. The second kappa shape index (κ2) is 6.73. The Hall–Kier alpha value is -3.39. The SMILES string of the molecule is C(=NNc1cc(N2CCOCC2)n2nccc2n1)c1c[nH]c2ccccc12. The smallest absolute Gasteiger partial charge is 0.159 e. The molecule has 1 fully saturated rings. The van der Waals surface area contributed by atoms with E-state index in [0.29, 0.717) is 19.0 Å². The van der Waals surface area contributed by atoms with Crippen molar-refractivity contribution in [3.05, 3.63) is 54.4 Å². The van der Waals surface area contributed by atoms with Crippen molar-refractivity contribution in [2.45, 2.75) is 0 Å². The minimum absolute atomic E-state index is 0.681. The van der Waals surface area contributed by atoms with Crippen LogP contribution in [0.3, 0.4) is 0 Å². The molecule has 0 bridgehead atoms. The number of aromatic nitrogens is 4. The van der Waals surface area contributed by atoms with Crippen molar-refractivity contribution >= 4 is 34.4 Å². The molecule has 0 unspecified atom stereocenters. The lowest BCUT2D eigenvalue weighted by Gasteiger charge is -2.29. The molecule has 8 heteroatoms. The number of rotatable bonds is 4. The second-order valence-electron chi connectivity index (χ2n) is 6.36. The van der Waals surface area contributed by atoms with Gasteiger partial charge in [0.15, 0.2) is 11.5 Å². The van der Waals surface area contributed by atoms with Crippen LogP contribution < -0.4 is 10.3 Å². The van der Waals surface area contributed by atoms with Crippen molar-refractivity contribution in [3.8, 4) is 0 Å². The van der Waals surface area contributed by atoms with E-state index in [0.717, 1.165) is 41.0 Å². The first kappa shape index (κ1) is 15.8. The van der Waals surface area contributed by atoms with Gasteiger partial charge in [-0.25, -0.2) is 4.98 Å². The number of nitrogens with one attached hydrogen (secondary N) is 2. The molecular weight excluding hydrogens is 342 g/mol. The zero-order valence-corrected chi connectivity index (χ0v) is 14.7.